The molecule has 0 aliphatic rings. The van der Waals surface area contributed by atoms with Gasteiger partial charge in [-0.3, -0.25) is 0 Å². The molecule has 0 aliphatic carbocycles. The van der Waals surface area contributed by atoms with Crippen LogP contribution in [0.3, 0.4) is 0 Å². The van der Waals surface area contributed by atoms with Gasteiger partial charge in [0.05, 0.1) is 66.1 Å². The normalized spacial score (nSPS) is 12.9. The lowest BCUT2D eigenvalue weighted by atomic mass is 10.1. The maximum absolute atomic E-state index is 6.56. The highest BCUT2D eigenvalue weighted by Gasteiger charge is 2.45. The third kappa shape index (κ3) is 12.9. The van der Waals surface area contributed by atoms with Gasteiger partial charge in [-0.25, -0.2) is 0 Å². The van der Waals surface area contributed by atoms with Crippen LogP contribution in [-0.4, -0.2) is 95.9 Å². The van der Waals surface area contributed by atoms with E-state index in [1.165, 1.54) is 0 Å². The summed E-state index contributed by atoms with van der Waals surface area (Å²) in [4.78, 5) is 0. The minimum absolute atomic E-state index is 0.455. The van der Waals surface area contributed by atoms with Crippen LogP contribution in [0, 0.1) is 0 Å². The monoisotopic (exact) mass is 736 g/mol. The average Bonchev–Trinajstić information content (AvgIpc) is 3.05. The van der Waals surface area contributed by atoms with Crippen LogP contribution in [-0.2, 0) is 27.8 Å². The fourth-order valence-corrected chi connectivity index (χ4v) is 19.0. The third-order valence-electron chi connectivity index (χ3n) is 10.1. The smallest absolute Gasteiger partial charge is 0.200 e. The van der Waals surface area contributed by atoms with E-state index in [0.717, 1.165) is 22.3 Å². The molecular weight excluding hydrogens is 665 g/mol. The van der Waals surface area contributed by atoms with Crippen molar-refractivity contribution < 1.29 is 37.3 Å². The van der Waals surface area contributed by atoms with Gasteiger partial charge in [-0.15, -0.1) is 0 Å². The molecule has 2 rings (SSSR count). The topological polar surface area (TPSA) is 73.8 Å². The van der Waals surface area contributed by atoms with E-state index in [4.69, 9.17) is 37.3 Å². The minimum Gasteiger partial charge on any atom is -0.491 e. The Morgan fingerprint density at radius 3 is 0.900 bits per heavy atom. The Balaban J connectivity index is 1.64. The Morgan fingerprint density at radius 2 is 0.620 bits per heavy atom. The van der Waals surface area contributed by atoms with Crippen molar-refractivity contribution in [2.24, 2.45) is 0 Å². The number of hydrogen-bond acceptors (Lipinski definition) is 8. The summed E-state index contributed by atoms with van der Waals surface area (Å²) in [6.45, 7) is 34.2. The van der Waals surface area contributed by atoms with E-state index in [-0.39, 0.29) is 0 Å². The number of rotatable bonds is 28. The van der Waals surface area contributed by atoms with Crippen LogP contribution in [0.15, 0.2) is 36.4 Å². The van der Waals surface area contributed by atoms with Gasteiger partial charge in [-0.05, 0) is 45.4 Å². The second-order valence-electron chi connectivity index (χ2n) is 15.1. The summed E-state index contributed by atoms with van der Waals surface area (Å²) in [5, 5.41) is 2.02. The van der Waals surface area contributed by atoms with Crippen molar-refractivity contribution in [1.29, 1.82) is 0 Å². The highest BCUT2D eigenvalue weighted by atomic mass is 28.4. The third-order valence-corrected chi connectivity index (χ3v) is 22.4. The highest BCUT2D eigenvalue weighted by molar-refractivity contribution is 6.78. The van der Waals surface area contributed by atoms with Gasteiger partial charge in [0, 0.05) is 10.8 Å². The molecule has 0 fully saturated rings. The van der Waals surface area contributed by atoms with Crippen LogP contribution < -0.4 is 9.47 Å². The average molecular weight is 737 g/mol. The van der Waals surface area contributed by atoms with E-state index in [0.29, 0.717) is 113 Å². The highest BCUT2D eigenvalue weighted by Crippen LogP contribution is 2.43. The van der Waals surface area contributed by atoms with Gasteiger partial charge in [0.25, 0.3) is 0 Å². The first-order chi connectivity index (χ1) is 23.8. The molecule has 0 N–H and O–H groups in total. The Labute approximate surface area is 307 Å². The molecule has 0 unspecified atom stereocenters. The summed E-state index contributed by atoms with van der Waals surface area (Å²) < 4.78 is 48.5. The van der Waals surface area contributed by atoms with Crippen LogP contribution in [0.2, 0.25) is 33.2 Å². The first-order valence-corrected chi connectivity index (χ1v) is 23.5. The van der Waals surface area contributed by atoms with Crippen molar-refractivity contribution in [2.75, 3.05) is 79.3 Å². The Kier molecular flexibility index (Phi) is 20.7. The SMILES string of the molecule is CC(C)[Si](OCCOCCOCCOc1cccc2c(OCCOCCOCCO[Si](C(C)C)(C(C)C)C(C)C)cccc12)(C(C)C)C(C)C. The summed E-state index contributed by atoms with van der Waals surface area (Å²) in [5.41, 5.74) is 3.45. The predicted molar refractivity (Wildman–Crippen MR) is 212 cm³/mol. The van der Waals surface area contributed by atoms with Crippen molar-refractivity contribution in [1.82, 2.24) is 0 Å². The molecule has 10 heteroatoms. The Hall–Kier alpha value is -1.51. The molecule has 288 valence electrons. The molecule has 0 saturated carbocycles. The summed E-state index contributed by atoms with van der Waals surface area (Å²) in [6, 6.07) is 12.0. The van der Waals surface area contributed by atoms with E-state index < -0.39 is 16.6 Å². The van der Waals surface area contributed by atoms with E-state index in [9.17, 15) is 0 Å². The second-order valence-corrected chi connectivity index (χ2v) is 26.0. The van der Waals surface area contributed by atoms with Gasteiger partial charge in [0.2, 0.25) is 0 Å². The maximum Gasteiger partial charge on any atom is 0.200 e. The van der Waals surface area contributed by atoms with Crippen LogP contribution in [0.25, 0.3) is 10.8 Å². The van der Waals surface area contributed by atoms with E-state index in [1.54, 1.807) is 0 Å². The molecule has 2 aromatic carbocycles. The first-order valence-electron chi connectivity index (χ1n) is 19.2. The fourth-order valence-electron chi connectivity index (χ4n) is 8.12. The van der Waals surface area contributed by atoms with Gasteiger partial charge in [-0.1, -0.05) is 107 Å². The van der Waals surface area contributed by atoms with Crippen LogP contribution in [0.1, 0.15) is 83.1 Å². The predicted octanol–water partition coefficient (Wildman–Crippen LogP) is 10.0. The van der Waals surface area contributed by atoms with Crippen LogP contribution in [0.4, 0.5) is 0 Å². The van der Waals surface area contributed by atoms with Gasteiger partial charge in [-0.2, -0.15) is 0 Å². The molecule has 0 aromatic heterocycles. The van der Waals surface area contributed by atoms with Gasteiger partial charge in [0.15, 0.2) is 16.6 Å². The van der Waals surface area contributed by atoms with Crippen molar-refractivity contribution in [2.45, 2.75) is 116 Å². The number of hydrogen-bond donors (Lipinski definition) is 0. The molecule has 2 aromatic rings. The molecule has 0 saturated heterocycles. The Morgan fingerprint density at radius 1 is 0.360 bits per heavy atom. The van der Waals surface area contributed by atoms with Gasteiger partial charge < -0.3 is 37.3 Å². The summed E-state index contributed by atoms with van der Waals surface area (Å²) in [7, 11) is -3.69. The second kappa shape index (κ2) is 23.2. The zero-order valence-electron chi connectivity index (χ0n) is 33.7. The van der Waals surface area contributed by atoms with Crippen molar-refractivity contribution >= 4 is 27.4 Å². The lowest BCUT2D eigenvalue weighted by molar-refractivity contribution is 0.0256. The van der Waals surface area contributed by atoms with Crippen LogP contribution in [0.5, 0.6) is 11.5 Å². The zero-order valence-corrected chi connectivity index (χ0v) is 35.7. The molecule has 0 radical (unpaired) electrons. The molecule has 8 nitrogen and oxygen atoms in total. The quantitative estimate of drug-likeness (QED) is 0.0632. The van der Waals surface area contributed by atoms with E-state index in [2.05, 4.69) is 95.2 Å². The molecule has 0 heterocycles. The van der Waals surface area contributed by atoms with Crippen molar-refractivity contribution in [3.05, 3.63) is 36.4 Å². The lowest BCUT2D eigenvalue weighted by Crippen LogP contribution is -2.48. The van der Waals surface area contributed by atoms with Crippen molar-refractivity contribution in [3.8, 4) is 11.5 Å². The number of ether oxygens (including phenoxy) is 6. The molecule has 50 heavy (non-hydrogen) atoms. The summed E-state index contributed by atoms with van der Waals surface area (Å²) in [6.07, 6.45) is 0. The molecule has 0 amide bonds. The molecule has 0 atom stereocenters. The minimum atomic E-state index is -1.85. The fraction of sp³-hybridized carbons (Fsp3) is 0.750. The first kappa shape index (κ1) is 44.7. The van der Waals surface area contributed by atoms with E-state index in [1.807, 2.05) is 24.3 Å². The molecule has 0 bridgehead atoms. The molecule has 0 spiro atoms. The van der Waals surface area contributed by atoms with Gasteiger partial charge >= 0.3 is 0 Å². The standard InChI is InChI=1S/C40H72O8Si2/c1-31(2)49(32(3)4,33(5)6)47-29-25-43-21-19-41-23-27-45-39-17-13-16-38-37(39)15-14-18-40(38)46-28-24-42-20-22-44-26-30-48-50(34(7)8,35(9)10)36(11)12/h13-18,31-36H,19-30H2,1-12H3. The number of benzene rings is 2. The van der Waals surface area contributed by atoms with E-state index >= 15 is 0 Å². The maximum atomic E-state index is 6.56. The largest absolute Gasteiger partial charge is 0.491 e. The molecule has 0 aliphatic heterocycles. The summed E-state index contributed by atoms with van der Waals surface area (Å²) in [5.74, 6) is 1.62. The van der Waals surface area contributed by atoms with Crippen LogP contribution >= 0.6 is 0 Å². The number of fused-ring (bicyclic) bond motifs is 1. The Bertz CT molecular complexity index is 1050. The summed E-state index contributed by atoms with van der Waals surface area (Å²) >= 11 is 0. The zero-order chi connectivity index (χ0) is 37.2. The van der Waals surface area contributed by atoms with Gasteiger partial charge in [0.1, 0.15) is 24.7 Å². The van der Waals surface area contributed by atoms with Crippen molar-refractivity contribution in [3.63, 3.8) is 0 Å². The molecular formula is C40H72O8Si2. The lowest BCUT2D eigenvalue weighted by Gasteiger charge is -2.42.